The number of methoxy groups -OCH3 is 1. The molecular formula is C28H24BrNO5S2. The van der Waals surface area contributed by atoms with Gasteiger partial charge in [-0.25, -0.2) is 4.79 Å². The lowest BCUT2D eigenvalue weighted by atomic mass is 10.1. The predicted octanol–water partition coefficient (Wildman–Crippen LogP) is 6.54. The Bertz CT molecular complexity index is 1330. The number of nitrogens with zero attached hydrogens (tertiary/aromatic N) is 1. The van der Waals surface area contributed by atoms with Gasteiger partial charge in [0.1, 0.15) is 10.9 Å². The SMILES string of the molecule is CCOC(=O)C(c1ccccc1)N1C(=O)/C(=C\c2ccc(OCc3ccc(Br)cc3)c(OC)c2)SC1=S. The molecular weight excluding hydrogens is 574 g/mol. The zero-order chi connectivity index (χ0) is 26.4. The molecule has 0 radical (unpaired) electrons. The van der Waals surface area contributed by atoms with Gasteiger partial charge in [-0.1, -0.05) is 88.4 Å². The molecule has 1 atom stereocenters. The van der Waals surface area contributed by atoms with E-state index in [4.69, 9.17) is 26.4 Å². The Morgan fingerprint density at radius 3 is 2.49 bits per heavy atom. The molecule has 0 spiro atoms. The van der Waals surface area contributed by atoms with Crippen LogP contribution in [0.5, 0.6) is 11.5 Å². The van der Waals surface area contributed by atoms with E-state index in [0.29, 0.717) is 32.9 Å². The van der Waals surface area contributed by atoms with Crippen molar-refractivity contribution in [1.82, 2.24) is 4.90 Å². The first-order chi connectivity index (χ1) is 17.9. The summed E-state index contributed by atoms with van der Waals surface area (Å²) in [6.07, 6.45) is 1.73. The summed E-state index contributed by atoms with van der Waals surface area (Å²) < 4.78 is 18.0. The Hall–Kier alpha value is -3.14. The Morgan fingerprint density at radius 2 is 1.81 bits per heavy atom. The molecule has 190 valence electrons. The average molecular weight is 599 g/mol. The van der Waals surface area contributed by atoms with E-state index in [1.807, 2.05) is 48.5 Å². The lowest BCUT2D eigenvalue weighted by Crippen LogP contribution is -2.38. The Balaban J connectivity index is 1.56. The summed E-state index contributed by atoms with van der Waals surface area (Å²) >= 11 is 10.1. The van der Waals surface area contributed by atoms with Crippen LogP contribution in [0.4, 0.5) is 0 Å². The lowest BCUT2D eigenvalue weighted by Gasteiger charge is -2.25. The number of amides is 1. The number of carbonyl (C=O) groups is 2. The van der Waals surface area contributed by atoms with Crippen molar-refractivity contribution in [2.24, 2.45) is 0 Å². The molecule has 1 aliphatic heterocycles. The van der Waals surface area contributed by atoms with Gasteiger partial charge >= 0.3 is 5.97 Å². The van der Waals surface area contributed by atoms with Crippen LogP contribution >= 0.6 is 39.9 Å². The maximum Gasteiger partial charge on any atom is 0.333 e. The molecule has 3 aromatic rings. The van der Waals surface area contributed by atoms with E-state index < -0.39 is 12.0 Å². The van der Waals surface area contributed by atoms with Crippen LogP contribution in [0, 0.1) is 0 Å². The number of rotatable bonds is 9. The second kappa shape index (κ2) is 12.4. The molecule has 6 nitrogen and oxygen atoms in total. The smallest absolute Gasteiger partial charge is 0.333 e. The minimum absolute atomic E-state index is 0.197. The van der Waals surface area contributed by atoms with Crippen molar-refractivity contribution < 1.29 is 23.8 Å². The number of hydrogen-bond acceptors (Lipinski definition) is 7. The predicted molar refractivity (Wildman–Crippen MR) is 152 cm³/mol. The molecule has 0 aromatic heterocycles. The fourth-order valence-electron chi connectivity index (χ4n) is 3.74. The van der Waals surface area contributed by atoms with Gasteiger partial charge in [0, 0.05) is 4.47 Å². The van der Waals surface area contributed by atoms with Crippen LogP contribution in [-0.4, -0.2) is 34.8 Å². The summed E-state index contributed by atoms with van der Waals surface area (Å²) in [7, 11) is 1.56. The number of benzene rings is 3. The summed E-state index contributed by atoms with van der Waals surface area (Å²) in [5, 5.41) is 0. The maximum absolute atomic E-state index is 13.4. The molecule has 1 heterocycles. The van der Waals surface area contributed by atoms with Gasteiger partial charge in [0.25, 0.3) is 5.91 Å². The van der Waals surface area contributed by atoms with Gasteiger partial charge < -0.3 is 14.2 Å². The third-order valence-electron chi connectivity index (χ3n) is 5.50. The molecule has 1 saturated heterocycles. The quantitative estimate of drug-likeness (QED) is 0.157. The summed E-state index contributed by atoms with van der Waals surface area (Å²) in [6.45, 7) is 2.31. The fourth-order valence-corrected chi connectivity index (χ4v) is 5.31. The number of esters is 1. The number of ether oxygens (including phenoxy) is 3. The molecule has 1 amide bonds. The minimum atomic E-state index is -0.955. The number of hydrogen-bond donors (Lipinski definition) is 0. The van der Waals surface area contributed by atoms with Gasteiger partial charge in [0.05, 0.1) is 18.6 Å². The third-order valence-corrected chi connectivity index (χ3v) is 7.36. The average Bonchev–Trinajstić information content (AvgIpc) is 3.17. The summed E-state index contributed by atoms with van der Waals surface area (Å²) in [4.78, 5) is 28.0. The summed E-state index contributed by atoms with van der Waals surface area (Å²) in [5.74, 6) is 0.239. The van der Waals surface area contributed by atoms with E-state index in [2.05, 4.69) is 15.9 Å². The molecule has 0 aliphatic carbocycles. The van der Waals surface area contributed by atoms with E-state index in [9.17, 15) is 9.59 Å². The molecule has 37 heavy (non-hydrogen) atoms. The molecule has 1 fully saturated rings. The first-order valence-electron chi connectivity index (χ1n) is 11.4. The third kappa shape index (κ3) is 6.41. The monoisotopic (exact) mass is 597 g/mol. The topological polar surface area (TPSA) is 65.1 Å². The van der Waals surface area contributed by atoms with Crippen LogP contribution in [0.15, 0.2) is 82.2 Å². The first-order valence-corrected chi connectivity index (χ1v) is 13.5. The normalized spacial score (nSPS) is 15.1. The van der Waals surface area contributed by atoms with Crippen molar-refractivity contribution in [3.8, 4) is 11.5 Å². The molecule has 0 saturated carbocycles. The lowest BCUT2D eigenvalue weighted by molar-refractivity contribution is -0.151. The standard InChI is InChI=1S/C28H24BrNO5S2/c1-3-34-27(32)25(20-7-5-4-6-8-20)30-26(31)24(37-28(30)36)16-19-11-14-22(23(15-19)33-2)35-17-18-9-12-21(29)13-10-18/h4-16,25H,3,17H2,1-2H3/b24-16+. The van der Waals surface area contributed by atoms with Crippen molar-refractivity contribution in [2.45, 2.75) is 19.6 Å². The van der Waals surface area contributed by atoms with Gasteiger partial charge in [-0.05, 0) is 54.0 Å². The highest BCUT2D eigenvalue weighted by atomic mass is 79.9. The molecule has 1 unspecified atom stereocenters. The number of halogens is 1. The van der Waals surface area contributed by atoms with Gasteiger partial charge in [0.15, 0.2) is 17.5 Å². The molecule has 0 bridgehead atoms. The zero-order valence-electron chi connectivity index (χ0n) is 20.2. The van der Waals surface area contributed by atoms with Gasteiger partial charge in [-0.2, -0.15) is 0 Å². The van der Waals surface area contributed by atoms with E-state index in [1.165, 1.54) is 4.90 Å². The van der Waals surface area contributed by atoms with Crippen molar-refractivity contribution in [3.05, 3.63) is 98.9 Å². The molecule has 3 aromatic carbocycles. The first kappa shape index (κ1) is 26.9. The van der Waals surface area contributed by atoms with Gasteiger partial charge in [-0.3, -0.25) is 9.69 Å². The van der Waals surface area contributed by atoms with Crippen molar-refractivity contribution in [2.75, 3.05) is 13.7 Å². The van der Waals surface area contributed by atoms with Crippen LogP contribution in [0.2, 0.25) is 0 Å². The zero-order valence-corrected chi connectivity index (χ0v) is 23.4. The van der Waals surface area contributed by atoms with Crippen molar-refractivity contribution >= 4 is 62.2 Å². The highest BCUT2D eigenvalue weighted by Gasteiger charge is 2.42. The van der Waals surface area contributed by atoms with E-state index in [0.717, 1.165) is 27.4 Å². The van der Waals surface area contributed by atoms with E-state index >= 15 is 0 Å². The Labute approximate surface area is 233 Å². The summed E-state index contributed by atoms with van der Waals surface area (Å²) in [5.41, 5.74) is 2.39. The number of thiocarbonyl (C=S) groups is 1. The van der Waals surface area contributed by atoms with Gasteiger partial charge in [-0.15, -0.1) is 0 Å². The van der Waals surface area contributed by atoms with E-state index in [-0.39, 0.29) is 12.5 Å². The molecule has 9 heteroatoms. The molecule has 1 aliphatic rings. The van der Waals surface area contributed by atoms with Gasteiger partial charge in [0.2, 0.25) is 0 Å². The summed E-state index contributed by atoms with van der Waals surface area (Å²) in [6, 6.07) is 21.4. The van der Waals surface area contributed by atoms with Crippen LogP contribution in [0.3, 0.4) is 0 Å². The Morgan fingerprint density at radius 1 is 1.08 bits per heavy atom. The molecule has 4 rings (SSSR count). The highest BCUT2D eigenvalue weighted by molar-refractivity contribution is 9.10. The van der Waals surface area contributed by atoms with E-state index in [1.54, 1.807) is 44.4 Å². The van der Waals surface area contributed by atoms with Crippen LogP contribution < -0.4 is 9.47 Å². The largest absolute Gasteiger partial charge is 0.493 e. The number of carbonyl (C=O) groups excluding carboxylic acids is 2. The highest BCUT2D eigenvalue weighted by Crippen LogP contribution is 2.39. The fraction of sp³-hybridized carbons (Fsp3) is 0.179. The molecule has 0 N–H and O–H groups in total. The van der Waals surface area contributed by atoms with Crippen molar-refractivity contribution in [1.29, 1.82) is 0 Å². The maximum atomic E-state index is 13.4. The van der Waals surface area contributed by atoms with Crippen LogP contribution in [0.25, 0.3) is 6.08 Å². The second-order valence-corrected chi connectivity index (χ2v) is 10.5. The van der Waals surface area contributed by atoms with Crippen LogP contribution in [-0.2, 0) is 20.9 Å². The number of thioether (sulfide) groups is 1. The Kier molecular flexibility index (Phi) is 9.02. The van der Waals surface area contributed by atoms with Crippen LogP contribution in [0.1, 0.15) is 29.7 Å². The van der Waals surface area contributed by atoms with Crippen molar-refractivity contribution in [3.63, 3.8) is 0 Å². The minimum Gasteiger partial charge on any atom is -0.493 e. The second-order valence-electron chi connectivity index (χ2n) is 7.94.